The highest BCUT2D eigenvalue weighted by Crippen LogP contribution is 2.34. The molecule has 0 saturated heterocycles. The molecule has 0 spiro atoms. The van der Waals surface area contributed by atoms with Crippen molar-refractivity contribution in [1.82, 2.24) is 15.1 Å². The van der Waals surface area contributed by atoms with Gasteiger partial charge in [-0.2, -0.15) is 5.10 Å². The van der Waals surface area contributed by atoms with Gasteiger partial charge < -0.3 is 5.32 Å². The fourth-order valence-electron chi connectivity index (χ4n) is 3.27. The molecule has 3 rings (SSSR count). The second kappa shape index (κ2) is 6.21. The Morgan fingerprint density at radius 3 is 2.68 bits per heavy atom. The molecule has 1 unspecified atom stereocenters. The first kappa shape index (κ1) is 15.2. The second-order valence-electron chi connectivity index (χ2n) is 6.32. The number of hydrogen-bond donors (Lipinski definition) is 1. The normalized spacial score (nSPS) is 18.3. The van der Waals surface area contributed by atoms with Crippen LogP contribution in [0.15, 0.2) is 24.3 Å². The molecule has 0 aliphatic carbocycles. The van der Waals surface area contributed by atoms with Gasteiger partial charge >= 0.3 is 0 Å². The van der Waals surface area contributed by atoms with Gasteiger partial charge in [0.05, 0.1) is 11.4 Å². The molecule has 1 aliphatic heterocycles. The Hall–Kier alpha value is -1.68. The Morgan fingerprint density at radius 1 is 1.32 bits per heavy atom. The summed E-state index contributed by atoms with van der Waals surface area (Å²) < 4.78 is 15.4. The molecule has 0 amide bonds. The molecule has 2 heterocycles. The maximum Gasteiger partial charge on any atom is 0.123 e. The minimum atomic E-state index is -0.196. The van der Waals surface area contributed by atoms with E-state index >= 15 is 0 Å². The molecule has 0 fully saturated rings. The van der Waals surface area contributed by atoms with Gasteiger partial charge in [0.2, 0.25) is 0 Å². The van der Waals surface area contributed by atoms with Crippen LogP contribution < -0.4 is 5.32 Å². The monoisotopic (exact) mass is 301 g/mol. The maximum atomic E-state index is 13.3. The summed E-state index contributed by atoms with van der Waals surface area (Å²) in [5, 5.41) is 8.45. The van der Waals surface area contributed by atoms with E-state index < -0.39 is 0 Å². The van der Waals surface area contributed by atoms with Crippen LogP contribution in [0, 0.1) is 5.82 Å². The molecular formula is C18H24FN3. The highest BCUT2D eigenvalue weighted by molar-refractivity contribution is 5.65. The fourth-order valence-corrected chi connectivity index (χ4v) is 3.27. The summed E-state index contributed by atoms with van der Waals surface area (Å²) in [6.07, 6.45) is 2.06. The average Bonchev–Trinajstić information content (AvgIpc) is 2.76. The van der Waals surface area contributed by atoms with Crippen LogP contribution >= 0.6 is 0 Å². The van der Waals surface area contributed by atoms with Crippen molar-refractivity contribution in [2.45, 2.75) is 45.6 Å². The first-order chi connectivity index (χ1) is 10.6. The van der Waals surface area contributed by atoms with Gasteiger partial charge in [0.25, 0.3) is 0 Å². The minimum absolute atomic E-state index is 0.196. The lowest BCUT2D eigenvalue weighted by Gasteiger charge is -2.13. The number of fused-ring (bicyclic) bond motifs is 1. The SMILES string of the molecule is CCC1CNCCc2c1nn(C(C)C)c2-c1ccc(F)cc1. The second-order valence-corrected chi connectivity index (χ2v) is 6.32. The number of hydrogen-bond acceptors (Lipinski definition) is 2. The van der Waals surface area contributed by atoms with Gasteiger partial charge in [-0.05, 0) is 57.5 Å². The molecule has 1 aromatic carbocycles. The van der Waals surface area contributed by atoms with Crippen molar-refractivity contribution in [2.75, 3.05) is 13.1 Å². The van der Waals surface area contributed by atoms with Crippen molar-refractivity contribution >= 4 is 0 Å². The zero-order valence-electron chi connectivity index (χ0n) is 13.6. The number of halogens is 1. The van der Waals surface area contributed by atoms with Gasteiger partial charge in [-0.3, -0.25) is 4.68 Å². The molecular weight excluding hydrogens is 277 g/mol. The van der Waals surface area contributed by atoms with E-state index in [1.54, 1.807) is 0 Å². The predicted molar refractivity (Wildman–Crippen MR) is 87.6 cm³/mol. The number of rotatable bonds is 3. The van der Waals surface area contributed by atoms with Crippen LogP contribution in [0.3, 0.4) is 0 Å². The number of benzene rings is 1. The molecule has 0 bridgehead atoms. The van der Waals surface area contributed by atoms with Gasteiger partial charge in [-0.15, -0.1) is 0 Å². The molecule has 1 aliphatic rings. The van der Waals surface area contributed by atoms with Gasteiger partial charge in [0.15, 0.2) is 0 Å². The van der Waals surface area contributed by atoms with E-state index in [0.717, 1.165) is 37.2 Å². The molecule has 118 valence electrons. The van der Waals surface area contributed by atoms with Crippen molar-refractivity contribution < 1.29 is 4.39 Å². The molecule has 1 N–H and O–H groups in total. The first-order valence-corrected chi connectivity index (χ1v) is 8.19. The summed E-state index contributed by atoms with van der Waals surface area (Å²) in [5.41, 5.74) is 4.77. The number of nitrogens with zero attached hydrogens (tertiary/aromatic N) is 2. The van der Waals surface area contributed by atoms with Crippen molar-refractivity contribution in [1.29, 1.82) is 0 Å². The lowest BCUT2D eigenvalue weighted by atomic mass is 9.95. The smallest absolute Gasteiger partial charge is 0.123 e. The maximum absolute atomic E-state index is 13.3. The van der Waals surface area contributed by atoms with Crippen LogP contribution in [-0.2, 0) is 6.42 Å². The highest BCUT2D eigenvalue weighted by Gasteiger charge is 2.26. The van der Waals surface area contributed by atoms with Gasteiger partial charge in [-0.25, -0.2) is 4.39 Å². The summed E-state index contributed by atoms with van der Waals surface area (Å²) in [5.74, 6) is 0.259. The third kappa shape index (κ3) is 2.68. The van der Waals surface area contributed by atoms with E-state index in [1.807, 2.05) is 12.1 Å². The standard InChI is InChI=1S/C18H24FN3/c1-4-13-11-20-10-9-16-17(13)21-22(12(2)3)18(16)14-5-7-15(19)8-6-14/h5-8,12-13,20H,4,9-11H2,1-3H3. The first-order valence-electron chi connectivity index (χ1n) is 8.19. The van der Waals surface area contributed by atoms with Crippen LogP contribution in [0.2, 0.25) is 0 Å². The summed E-state index contributed by atoms with van der Waals surface area (Å²) in [6.45, 7) is 8.48. The summed E-state index contributed by atoms with van der Waals surface area (Å²) in [4.78, 5) is 0. The Kier molecular flexibility index (Phi) is 4.30. The highest BCUT2D eigenvalue weighted by atomic mass is 19.1. The number of nitrogens with one attached hydrogen (secondary N) is 1. The molecule has 0 saturated carbocycles. The Morgan fingerprint density at radius 2 is 2.05 bits per heavy atom. The third-order valence-electron chi connectivity index (χ3n) is 4.47. The van der Waals surface area contributed by atoms with Crippen LogP contribution in [0.5, 0.6) is 0 Å². The van der Waals surface area contributed by atoms with Crippen molar-refractivity contribution in [3.8, 4) is 11.3 Å². The van der Waals surface area contributed by atoms with Crippen LogP contribution in [-0.4, -0.2) is 22.9 Å². The Bertz CT molecular complexity index is 643. The summed E-state index contributed by atoms with van der Waals surface area (Å²) >= 11 is 0. The molecule has 22 heavy (non-hydrogen) atoms. The van der Waals surface area contributed by atoms with E-state index in [4.69, 9.17) is 5.10 Å². The Labute approximate surface area is 131 Å². The average molecular weight is 301 g/mol. The van der Waals surface area contributed by atoms with Crippen LogP contribution in [0.4, 0.5) is 4.39 Å². The van der Waals surface area contributed by atoms with Gasteiger partial charge in [0.1, 0.15) is 5.82 Å². The minimum Gasteiger partial charge on any atom is -0.316 e. The molecule has 1 aromatic heterocycles. The van der Waals surface area contributed by atoms with Crippen LogP contribution in [0.1, 0.15) is 50.4 Å². The van der Waals surface area contributed by atoms with E-state index in [1.165, 1.54) is 23.4 Å². The van der Waals surface area contributed by atoms with Crippen molar-refractivity contribution in [3.05, 3.63) is 41.3 Å². The lowest BCUT2D eigenvalue weighted by Crippen LogP contribution is -2.21. The third-order valence-corrected chi connectivity index (χ3v) is 4.47. The Balaban J connectivity index is 2.18. The van der Waals surface area contributed by atoms with Crippen molar-refractivity contribution in [3.63, 3.8) is 0 Å². The number of aromatic nitrogens is 2. The summed E-state index contributed by atoms with van der Waals surface area (Å²) in [6, 6.07) is 7.09. The van der Waals surface area contributed by atoms with E-state index in [0.29, 0.717) is 5.92 Å². The lowest BCUT2D eigenvalue weighted by molar-refractivity contribution is 0.510. The predicted octanol–water partition coefficient (Wildman–Crippen LogP) is 3.91. The molecule has 2 aromatic rings. The van der Waals surface area contributed by atoms with E-state index in [9.17, 15) is 4.39 Å². The van der Waals surface area contributed by atoms with Gasteiger partial charge in [-0.1, -0.05) is 6.92 Å². The zero-order valence-corrected chi connectivity index (χ0v) is 13.6. The van der Waals surface area contributed by atoms with Crippen LogP contribution in [0.25, 0.3) is 11.3 Å². The van der Waals surface area contributed by atoms with Gasteiger partial charge in [0, 0.05) is 29.6 Å². The molecule has 4 heteroatoms. The fraction of sp³-hybridized carbons (Fsp3) is 0.500. The zero-order chi connectivity index (χ0) is 15.7. The van der Waals surface area contributed by atoms with E-state index in [-0.39, 0.29) is 11.9 Å². The van der Waals surface area contributed by atoms with E-state index in [2.05, 4.69) is 30.8 Å². The summed E-state index contributed by atoms with van der Waals surface area (Å²) in [7, 11) is 0. The quantitative estimate of drug-likeness (QED) is 0.931. The largest absolute Gasteiger partial charge is 0.316 e. The topological polar surface area (TPSA) is 29.9 Å². The molecule has 0 radical (unpaired) electrons. The molecule has 3 nitrogen and oxygen atoms in total. The van der Waals surface area contributed by atoms with Crippen molar-refractivity contribution in [2.24, 2.45) is 0 Å². The molecule has 1 atom stereocenters.